The summed E-state index contributed by atoms with van der Waals surface area (Å²) in [6.45, 7) is 3.13. The van der Waals surface area contributed by atoms with Crippen molar-refractivity contribution < 1.29 is 17.6 Å². The van der Waals surface area contributed by atoms with Crippen LogP contribution in [0.2, 0.25) is 0 Å². The van der Waals surface area contributed by atoms with Crippen LogP contribution in [0, 0.1) is 6.92 Å². The number of aromatic amines is 1. The number of ether oxygens (including phenoxy) is 1. The van der Waals surface area contributed by atoms with Gasteiger partial charge in [-0.25, -0.2) is 13.2 Å². The average molecular weight is 298 g/mol. The van der Waals surface area contributed by atoms with Crippen LogP contribution in [0.4, 0.5) is 0 Å². The third-order valence-corrected chi connectivity index (χ3v) is 5.35. The maximum atomic E-state index is 12.6. The van der Waals surface area contributed by atoms with Crippen molar-refractivity contribution in [3.8, 4) is 0 Å². The van der Waals surface area contributed by atoms with Gasteiger partial charge in [-0.1, -0.05) is 0 Å². The van der Waals surface area contributed by atoms with Gasteiger partial charge in [0, 0.05) is 19.2 Å². The molecule has 0 amide bonds. The molecule has 2 heterocycles. The van der Waals surface area contributed by atoms with Gasteiger partial charge in [0.25, 0.3) is 0 Å². The fourth-order valence-corrected chi connectivity index (χ4v) is 3.92. The van der Waals surface area contributed by atoms with Gasteiger partial charge >= 0.3 is 5.76 Å². The molecule has 1 aromatic carbocycles. The van der Waals surface area contributed by atoms with E-state index in [9.17, 15) is 13.2 Å². The Hall–Kier alpha value is -1.64. The number of aromatic nitrogens is 1. The minimum Gasteiger partial charge on any atom is -0.408 e. The van der Waals surface area contributed by atoms with Crippen molar-refractivity contribution in [3.05, 3.63) is 28.2 Å². The van der Waals surface area contributed by atoms with Crippen molar-refractivity contribution >= 4 is 21.1 Å². The van der Waals surface area contributed by atoms with E-state index in [1.54, 1.807) is 13.0 Å². The summed E-state index contributed by atoms with van der Waals surface area (Å²) in [5.74, 6) is -0.597. The molecule has 0 atom stereocenters. The lowest BCUT2D eigenvalue weighted by molar-refractivity contribution is 0.0730. The zero-order valence-electron chi connectivity index (χ0n) is 10.9. The fraction of sp³-hybridized carbons (Fsp3) is 0.417. The van der Waals surface area contributed by atoms with E-state index >= 15 is 0 Å². The van der Waals surface area contributed by atoms with Crippen molar-refractivity contribution in [1.29, 1.82) is 0 Å². The van der Waals surface area contributed by atoms with Crippen molar-refractivity contribution in [2.24, 2.45) is 0 Å². The topological polar surface area (TPSA) is 92.6 Å². The smallest absolute Gasteiger partial charge is 0.408 e. The first kappa shape index (κ1) is 13.3. The Bertz CT molecular complexity index is 799. The lowest BCUT2D eigenvalue weighted by Gasteiger charge is -2.26. The third kappa shape index (κ3) is 2.15. The molecule has 2 aromatic rings. The number of morpholine rings is 1. The highest BCUT2D eigenvalue weighted by atomic mass is 32.2. The van der Waals surface area contributed by atoms with Crippen molar-refractivity contribution in [2.45, 2.75) is 11.8 Å². The number of H-pyrrole nitrogens is 1. The Kier molecular flexibility index (Phi) is 3.15. The van der Waals surface area contributed by atoms with Crippen LogP contribution in [0.1, 0.15) is 5.56 Å². The Balaban J connectivity index is 2.12. The van der Waals surface area contributed by atoms with Crippen LogP contribution in [-0.2, 0) is 14.8 Å². The van der Waals surface area contributed by atoms with Gasteiger partial charge in [0.05, 0.1) is 23.6 Å². The van der Waals surface area contributed by atoms with E-state index in [2.05, 4.69) is 4.98 Å². The molecular weight excluding hydrogens is 284 g/mol. The van der Waals surface area contributed by atoms with E-state index in [0.29, 0.717) is 37.4 Å². The van der Waals surface area contributed by atoms with Crippen LogP contribution in [0.5, 0.6) is 0 Å². The Morgan fingerprint density at radius 3 is 2.65 bits per heavy atom. The molecule has 0 spiro atoms. The molecule has 7 nitrogen and oxygen atoms in total. The Morgan fingerprint density at radius 2 is 1.95 bits per heavy atom. The molecule has 20 heavy (non-hydrogen) atoms. The molecule has 0 saturated carbocycles. The molecular formula is C12H14N2O5S. The molecule has 8 heteroatoms. The van der Waals surface area contributed by atoms with Gasteiger partial charge in [0.1, 0.15) is 0 Å². The minimum atomic E-state index is -3.60. The predicted octanol–water partition coefficient (Wildman–Crippen LogP) is 0.450. The zero-order chi connectivity index (χ0) is 14.3. The third-order valence-electron chi connectivity index (χ3n) is 3.30. The van der Waals surface area contributed by atoms with Crippen molar-refractivity contribution in [3.63, 3.8) is 0 Å². The number of nitrogens with one attached hydrogen (secondary N) is 1. The van der Waals surface area contributed by atoms with Gasteiger partial charge < -0.3 is 9.15 Å². The summed E-state index contributed by atoms with van der Waals surface area (Å²) in [5, 5.41) is 0. The van der Waals surface area contributed by atoms with Crippen LogP contribution in [0.3, 0.4) is 0 Å². The number of benzene rings is 1. The summed E-state index contributed by atoms with van der Waals surface area (Å²) in [7, 11) is -3.60. The molecule has 1 N–H and O–H groups in total. The van der Waals surface area contributed by atoms with Gasteiger partial charge in [-0.3, -0.25) is 4.98 Å². The predicted molar refractivity (Wildman–Crippen MR) is 71.1 cm³/mol. The van der Waals surface area contributed by atoms with E-state index in [1.165, 1.54) is 10.4 Å². The number of nitrogens with zero attached hydrogens (tertiary/aromatic N) is 1. The summed E-state index contributed by atoms with van der Waals surface area (Å²) < 4.78 is 36.7. The first-order valence-electron chi connectivity index (χ1n) is 6.20. The number of fused-ring (bicyclic) bond motifs is 1. The summed E-state index contributed by atoms with van der Waals surface area (Å²) >= 11 is 0. The molecule has 0 aliphatic carbocycles. The first-order valence-corrected chi connectivity index (χ1v) is 7.64. The molecule has 0 radical (unpaired) electrons. The summed E-state index contributed by atoms with van der Waals surface area (Å²) in [6.07, 6.45) is 0. The second kappa shape index (κ2) is 4.72. The first-order chi connectivity index (χ1) is 9.48. The van der Waals surface area contributed by atoms with Crippen molar-refractivity contribution in [1.82, 2.24) is 9.29 Å². The largest absolute Gasteiger partial charge is 0.417 e. The highest BCUT2D eigenvalue weighted by Crippen LogP contribution is 2.25. The molecule has 1 saturated heterocycles. The molecule has 1 fully saturated rings. The van der Waals surface area contributed by atoms with Gasteiger partial charge in [-0.15, -0.1) is 0 Å². The lowest BCUT2D eigenvalue weighted by atomic mass is 10.2. The van der Waals surface area contributed by atoms with Gasteiger partial charge in [0.15, 0.2) is 5.58 Å². The summed E-state index contributed by atoms with van der Waals surface area (Å²) in [5.41, 5.74) is 1.31. The monoisotopic (exact) mass is 298 g/mol. The standard InChI is InChI=1S/C12H14N2O5S/c1-8-6-9-10(19-12(15)13-9)7-11(8)20(16,17)14-2-4-18-5-3-14/h6-7H,2-5H2,1H3,(H,13,15). The molecule has 0 bridgehead atoms. The normalized spacial score (nSPS) is 17.6. The number of sulfonamides is 1. The minimum absolute atomic E-state index is 0.162. The molecule has 1 aliphatic rings. The maximum absolute atomic E-state index is 12.6. The van der Waals surface area contributed by atoms with Crippen LogP contribution >= 0.6 is 0 Å². The SMILES string of the molecule is Cc1cc2[nH]c(=O)oc2cc1S(=O)(=O)N1CCOCC1. The molecule has 0 unspecified atom stereocenters. The molecule has 1 aromatic heterocycles. The van der Waals surface area contributed by atoms with E-state index in [1.807, 2.05) is 0 Å². The fourth-order valence-electron chi connectivity index (χ4n) is 2.29. The molecule has 108 valence electrons. The van der Waals surface area contributed by atoms with Crippen molar-refractivity contribution in [2.75, 3.05) is 26.3 Å². The van der Waals surface area contributed by atoms with Gasteiger partial charge in [-0.2, -0.15) is 4.31 Å². The van der Waals surface area contributed by atoms with Crippen LogP contribution < -0.4 is 5.76 Å². The Labute approximate surface area is 115 Å². The highest BCUT2D eigenvalue weighted by Gasteiger charge is 2.28. The highest BCUT2D eigenvalue weighted by molar-refractivity contribution is 7.89. The summed E-state index contributed by atoms with van der Waals surface area (Å²) in [6, 6.07) is 3.00. The number of oxazole rings is 1. The quantitative estimate of drug-likeness (QED) is 0.869. The second-order valence-electron chi connectivity index (χ2n) is 4.64. The van der Waals surface area contributed by atoms with Crippen LogP contribution in [0.15, 0.2) is 26.2 Å². The number of hydrogen-bond donors (Lipinski definition) is 1. The van der Waals surface area contributed by atoms with Crippen LogP contribution in [0.25, 0.3) is 11.1 Å². The lowest BCUT2D eigenvalue weighted by Crippen LogP contribution is -2.40. The van der Waals surface area contributed by atoms with E-state index < -0.39 is 15.8 Å². The second-order valence-corrected chi connectivity index (χ2v) is 6.55. The zero-order valence-corrected chi connectivity index (χ0v) is 11.7. The number of aryl methyl sites for hydroxylation is 1. The van der Waals surface area contributed by atoms with Gasteiger partial charge in [0.2, 0.25) is 10.0 Å². The van der Waals surface area contributed by atoms with Crippen LogP contribution in [-0.4, -0.2) is 44.0 Å². The molecule has 1 aliphatic heterocycles. The average Bonchev–Trinajstić information content (AvgIpc) is 2.78. The Morgan fingerprint density at radius 1 is 1.25 bits per heavy atom. The van der Waals surface area contributed by atoms with Gasteiger partial charge in [-0.05, 0) is 18.6 Å². The van der Waals surface area contributed by atoms with E-state index in [4.69, 9.17) is 9.15 Å². The number of rotatable bonds is 2. The van der Waals surface area contributed by atoms with E-state index in [-0.39, 0.29) is 10.5 Å². The van der Waals surface area contributed by atoms with E-state index in [0.717, 1.165) is 0 Å². The number of hydrogen-bond acceptors (Lipinski definition) is 5. The maximum Gasteiger partial charge on any atom is 0.417 e. The molecule has 3 rings (SSSR count). The summed E-state index contributed by atoms with van der Waals surface area (Å²) in [4.78, 5) is 13.8.